The van der Waals surface area contributed by atoms with Crippen molar-refractivity contribution in [2.45, 2.75) is 37.1 Å². The minimum Gasteiger partial charge on any atom is -0.341 e. The van der Waals surface area contributed by atoms with Crippen molar-refractivity contribution in [1.82, 2.24) is 14.6 Å². The molecule has 1 fully saturated rings. The summed E-state index contributed by atoms with van der Waals surface area (Å²) in [5.41, 5.74) is 1.01. The number of benzene rings is 1. The van der Waals surface area contributed by atoms with Gasteiger partial charge in [0.2, 0.25) is 21.8 Å². The molecular formula is C23H30N4O4S2. The molecule has 0 saturated carbocycles. The summed E-state index contributed by atoms with van der Waals surface area (Å²) < 4.78 is 28.2. The van der Waals surface area contributed by atoms with Crippen molar-refractivity contribution in [2.24, 2.45) is 5.92 Å². The highest BCUT2D eigenvalue weighted by atomic mass is 32.2. The molecule has 0 spiro atoms. The zero-order valence-corrected chi connectivity index (χ0v) is 20.5. The molecule has 1 aliphatic heterocycles. The Labute approximate surface area is 199 Å². The van der Waals surface area contributed by atoms with Gasteiger partial charge in [-0.05, 0) is 68.0 Å². The zero-order valence-electron chi connectivity index (χ0n) is 18.9. The van der Waals surface area contributed by atoms with Gasteiger partial charge in [0.1, 0.15) is 11.9 Å². The average molecular weight is 491 g/mol. The van der Waals surface area contributed by atoms with E-state index in [2.05, 4.69) is 15.0 Å². The van der Waals surface area contributed by atoms with Gasteiger partial charge in [0.05, 0.1) is 4.90 Å². The number of amides is 2. The normalized spacial score (nSPS) is 15.8. The summed E-state index contributed by atoms with van der Waals surface area (Å²) in [6.45, 7) is 2.74. The predicted molar refractivity (Wildman–Crippen MR) is 130 cm³/mol. The molecule has 0 radical (unpaired) electrons. The van der Waals surface area contributed by atoms with E-state index in [1.165, 1.54) is 12.1 Å². The second-order valence-electron chi connectivity index (χ2n) is 8.08. The van der Waals surface area contributed by atoms with Gasteiger partial charge in [-0.3, -0.25) is 9.59 Å². The monoisotopic (exact) mass is 490 g/mol. The van der Waals surface area contributed by atoms with Crippen LogP contribution in [0.1, 0.15) is 24.8 Å². The molecule has 0 aliphatic carbocycles. The number of hydrogen-bond donors (Lipinski definition) is 2. The Kier molecular flexibility index (Phi) is 8.87. The first-order valence-electron chi connectivity index (χ1n) is 10.9. The lowest BCUT2D eigenvalue weighted by Gasteiger charge is -2.33. The molecule has 1 unspecified atom stereocenters. The summed E-state index contributed by atoms with van der Waals surface area (Å²) in [6.07, 6.45) is 5.00. The number of aryl methyl sites for hydroxylation is 1. The number of pyridine rings is 1. The number of nitrogens with one attached hydrogen (secondary N) is 2. The minimum atomic E-state index is -3.81. The molecule has 10 heteroatoms. The van der Waals surface area contributed by atoms with E-state index < -0.39 is 16.1 Å². The Morgan fingerprint density at radius 1 is 1.18 bits per heavy atom. The van der Waals surface area contributed by atoms with Crippen LogP contribution in [-0.2, 0) is 19.6 Å². The average Bonchev–Trinajstić information content (AvgIpc) is 2.82. The van der Waals surface area contributed by atoms with Gasteiger partial charge in [0, 0.05) is 25.2 Å². The highest BCUT2D eigenvalue weighted by molar-refractivity contribution is 7.98. The van der Waals surface area contributed by atoms with E-state index in [1.807, 2.05) is 25.3 Å². The first-order valence-corrected chi connectivity index (χ1v) is 13.8. The highest BCUT2D eigenvalue weighted by Gasteiger charge is 2.33. The Balaban J connectivity index is 1.60. The van der Waals surface area contributed by atoms with Gasteiger partial charge in [-0.1, -0.05) is 18.2 Å². The van der Waals surface area contributed by atoms with Crippen LogP contribution in [0.4, 0.5) is 5.82 Å². The summed E-state index contributed by atoms with van der Waals surface area (Å²) in [7, 11) is -3.81. The van der Waals surface area contributed by atoms with Gasteiger partial charge >= 0.3 is 0 Å². The molecule has 2 heterocycles. The number of aromatic nitrogens is 1. The molecule has 1 aromatic heterocycles. The lowest BCUT2D eigenvalue weighted by Crippen LogP contribution is -2.51. The fourth-order valence-electron chi connectivity index (χ4n) is 3.74. The van der Waals surface area contributed by atoms with Gasteiger partial charge in [-0.15, -0.1) is 0 Å². The summed E-state index contributed by atoms with van der Waals surface area (Å²) in [5, 5.41) is 2.85. The van der Waals surface area contributed by atoms with Crippen LogP contribution in [0.25, 0.3) is 0 Å². The van der Waals surface area contributed by atoms with Gasteiger partial charge in [0.25, 0.3) is 0 Å². The summed E-state index contributed by atoms with van der Waals surface area (Å²) in [4.78, 5) is 31.8. The number of nitrogens with zero attached hydrogens (tertiary/aromatic N) is 2. The first-order chi connectivity index (χ1) is 15.8. The van der Waals surface area contributed by atoms with Crippen LogP contribution in [-0.4, -0.2) is 61.3 Å². The van der Waals surface area contributed by atoms with Crippen molar-refractivity contribution in [1.29, 1.82) is 0 Å². The van der Waals surface area contributed by atoms with Crippen molar-refractivity contribution in [3.63, 3.8) is 0 Å². The molecule has 1 atom stereocenters. The summed E-state index contributed by atoms with van der Waals surface area (Å²) in [6, 6.07) is 10.9. The van der Waals surface area contributed by atoms with Gasteiger partial charge < -0.3 is 10.2 Å². The molecule has 8 nitrogen and oxygen atoms in total. The molecular weight excluding hydrogens is 460 g/mol. The molecule has 2 N–H and O–H groups in total. The maximum absolute atomic E-state index is 13.2. The van der Waals surface area contributed by atoms with Crippen LogP contribution in [0.15, 0.2) is 53.6 Å². The molecule has 3 rings (SSSR count). The molecule has 2 amide bonds. The molecule has 0 bridgehead atoms. The third-order valence-corrected chi connectivity index (χ3v) is 7.74. The third-order valence-electron chi connectivity index (χ3n) is 5.60. The standard InChI is InChI=1S/C23H30N4O4S2/c1-17-8-12-24-21(16-17)25-22(28)18-9-13-27(14-10-18)23(29)20(11-15-32-2)26-33(30,31)19-6-4-3-5-7-19/h3-8,12,16,18,20,26H,9-11,13-15H2,1-2H3,(H,24,25,28). The number of carbonyl (C=O) groups excluding carboxylic acids is 2. The minimum absolute atomic E-state index is 0.107. The topological polar surface area (TPSA) is 108 Å². The van der Waals surface area contributed by atoms with Crippen LogP contribution in [0.3, 0.4) is 0 Å². The number of sulfonamides is 1. The van der Waals surface area contributed by atoms with E-state index >= 15 is 0 Å². The maximum atomic E-state index is 13.2. The summed E-state index contributed by atoms with van der Waals surface area (Å²) >= 11 is 1.56. The van der Waals surface area contributed by atoms with Crippen LogP contribution in [0.5, 0.6) is 0 Å². The highest BCUT2D eigenvalue weighted by Crippen LogP contribution is 2.21. The van der Waals surface area contributed by atoms with Crippen LogP contribution in [0.2, 0.25) is 0 Å². The number of likely N-dealkylation sites (tertiary alicyclic amines) is 1. The molecule has 2 aromatic rings. The Morgan fingerprint density at radius 2 is 1.88 bits per heavy atom. The molecule has 1 saturated heterocycles. The predicted octanol–water partition coefficient (Wildman–Crippen LogP) is 2.67. The summed E-state index contributed by atoms with van der Waals surface area (Å²) in [5.74, 6) is 0.593. The zero-order chi connectivity index (χ0) is 23.8. The fraction of sp³-hybridized carbons (Fsp3) is 0.435. The van der Waals surface area contributed by atoms with E-state index in [4.69, 9.17) is 0 Å². The SMILES string of the molecule is CSCCC(NS(=O)(=O)c1ccccc1)C(=O)N1CCC(C(=O)Nc2cc(C)ccn2)CC1. The van der Waals surface area contributed by atoms with Gasteiger partial charge in [-0.2, -0.15) is 16.5 Å². The van der Waals surface area contributed by atoms with Gasteiger partial charge in [-0.25, -0.2) is 13.4 Å². The molecule has 33 heavy (non-hydrogen) atoms. The quantitative estimate of drug-likeness (QED) is 0.560. The lowest BCUT2D eigenvalue weighted by atomic mass is 9.95. The van der Waals surface area contributed by atoms with Crippen molar-refractivity contribution in [3.8, 4) is 0 Å². The fourth-order valence-corrected chi connectivity index (χ4v) is 5.45. The third kappa shape index (κ3) is 7.02. The molecule has 1 aromatic carbocycles. The Morgan fingerprint density at radius 3 is 2.52 bits per heavy atom. The van der Waals surface area contributed by atoms with Crippen molar-refractivity contribution in [2.75, 3.05) is 30.4 Å². The number of piperidine rings is 1. The number of rotatable bonds is 9. The van der Waals surface area contributed by atoms with Crippen molar-refractivity contribution >= 4 is 39.4 Å². The number of thioether (sulfide) groups is 1. The van der Waals surface area contributed by atoms with Gasteiger partial charge in [0.15, 0.2) is 0 Å². The number of hydrogen-bond acceptors (Lipinski definition) is 6. The van der Waals surface area contributed by atoms with Crippen LogP contribution < -0.4 is 10.0 Å². The molecule has 1 aliphatic rings. The van der Waals surface area contributed by atoms with E-state index in [-0.39, 0.29) is 22.6 Å². The van der Waals surface area contributed by atoms with E-state index in [9.17, 15) is 18.0 Å². The van der Waals surface area contributed by atoms with Crippen LogP contribution in [0, 0.1) is 12.8 Å². The molecule has 178 valence electrons. The first kappa shape index (κ1) is 25.2. The Bertz CT molecular complexity index is 1060. The maximum Gasteiger partial charge on any atom is 0.241 e. The van der Waals surface area contributed by atoms with Crippen molar-refractivity contribution in [3.05, 3.63) is 54.2 Å². The van der Waals surface area contributed by atoms with E-state index in [1.54, 1.807) is 41.1 Å². The smallest absolute Gasteiger partial charge is 0.241 e. The number of carbonyl (C=O) groups is 2. The van der Waals surface area contributed by atoms with E-state index in [0.29, 0.717) is 43.9 Å². The second-order valence-corrected chi connectivity index (χ2v) is 10.8. The van der Waals surface area contributed by atoms with Crippen LogP contribution >= 0.6 is 11.8 Å². The Hall–Kier alpha value is -2.43. The largest absolute Gasteiger partial charge is 0.341 e. The van der Waals surface area contributed by atoms with Crippen molar-refractivity contribution < 1.29 is 18.0 Å². The second kappa shape index (κ2) is 11.6. The lowest BCUT2D eigenvalue weighted by molar-refractivity contribution is -0.136. The van der Waals surface area contributed by atoms with E-state index in [0.717, 1.165) is 5.56 Å². The number of anilines is 1.